The predicted molar refractivity (Wildman–Crippen MR) is 62.8 cm³/mol. The first-order chi connectivity index (χ1) is 6.89. The first kappa shape index (κ1) is 14.2. The number of rotatable bonds is 7. The van der Waals surface area contributed by atoms with Gasteiger partial charge in [-0.2, -0.15) is 0 Å². The van der Waals surface area contributed by atoms with Crippen molar-refractivity contribution in [2.75, 3.05) is 13.2 Å². The van der Waals surface area contributed by atoms with Gasteiger partial charge < -0.3 is 10.1 Å². The van der Waals surface area contributed by atoms with Crippen LogP contribution in [0, 0.1) is 0 Å². The van der Waals surface area contributed by atoms with E-state index >= 15 is 0 Å². The largest absolute Gasteiger partial charge is 0.461 e. The molecule has 0 aliphatic heterocycles. The summed E-state index contributed by atoms with van der Waals surface area (Å²) in [5.74, 6) is -0.315. The average molecular weight is 213 g/mol. The second-order valence-corrected chi connectivity index (χ2v) is 4.48. The van der Waals surface area contributed by atoms with Crippen LogP contribution in [-0.2, 0) is 9.53 Å². The molecule has 0 bridgehead atoms. The fourth-order valence-corrected chi connectivity index (χ4v) is 1.37. The highest BCUT2D eigenvalue weighted by Crippen LogP contribution is 2.09. The lowest BCUT2D eigenvalue weighted by atomic mass is 9.99. The summed E-state index contributed by atoms with van der Waals surface area (Å²) < 4.78 is 4.98. The highest BCUT2D eigenvalue weighted by molar-refractivity contribution is 5.86. The number of carbonyl (C=O) groups excluding carboxylic acids is 1. The van der Waals surface area contributed by atoms with Gasteiger partial charge >= 0.3 is 5.97 Å². The lowest BCUT2D eigenvalue weighted by molar-refractivity contribution is -0.138. The van der Waals surface area contributed by atoms with Gasteiger partial charge in [-0.15, -0.1) is 0 Å². The predicted octanol–water partition coefficient (Wildman–Crippen LogP) is 2.27. The van der Waals surface area contributed by atoms with Gasteiger partial charge in [0.25, 0.3) is 0 Å². The second kappa shape index (κ2) is 6.62. The molecule has 0 saturated heterocycles. The van der Waals surface area contributed by atoms with Gasteiger partial charge in [-0.1, -0.05) is 19.9 Å². The van der Waals surface area contributed by atoms with Crippen molar-refractivity contribution in [2.45, 2.75) is 46.1 Å². The number of nitrogens with one attached hydrogen (secondary N) is 1. The normalized spacial score (nSPS) is 11.2. The second-order valence-electron chi connectivity index (χ2n) is 4.48. The van der Waals surface area contributed by atoms with Crippen molar-refractivity contribution < 1.29 is 9.53 Å². The highest BCUT2D eigenvalue weighted by atomic mass is 16.5. The Hall–Kier alpha value is -0.830. The van der Waals surface area contributed by atoms with Crippen molar-refractivity contribution in [1.82, 2.24) is 5.32 Å². The van der Waals surface area contributed by atoms with Crippen molar-refractivity contribution in [2.24, 2.45) is 0 Å². The van der Waals surface area contributed by atoms with Gasteiger partial charge in [0.2, 0.25) is 0 Å². The van der Waals surface area contributed by atoms with Crippen molar-refractivity contribution in [3.05, 3.63) is 12.2 Å². The fraction of sp³-hybridized carbons (Fsp3) is 0.750. The van der Waals surface area contributed by atoms with E-state index in [1.165, 1.54) is 0 Å². The van der Waals surface area contributed by atoms with Crippen LogP contribution in [-0.4, -0.2) is 24.7 Å². The van der Waals surface area contributed by atoms with Crippen LogP contribution >= 0.6 is 0 Å². The zero-order chi connectivity index (χ0) is 11.9. The molecule has 88 valence electrons. The van der Waals surface area contributed by atoms with E-state index in [1.54, 1.807) is 6.92 Å². The number of ether oxygens (including phenoxy) is 1. The molecule has 0 fully saturated rings. The molecule has 0 aliphatic carbocycles. The third-order valence-electron chi connectivity index (χ3n) is 2.16. The summed E-state index contributed by atoms with van der Waals surface area (Å²) in [6, 6.07) is 0. The minimum atomic E-state index is -0.315. The topological polar surface area (TPSA) is 38.3 Å². The molecule has 0 aromatic heterocycles. The third-order valence-corrected chi connectivity index (χ3v) is 2.16. The van der Waals surface area contributed by atoms with Gasteiger partial charge in [0.1, 0.15) is 6.61 Å². The van der Waals surface area contributed by atoms with E-state index in [9.17, 15) is 4.79 Å². The van der Waals surface area contributed by atoms with E-state index in [-0.39, 0.29) is 11.5 Å². The average Bonchev–Trinajstić information content (AvgIpc) is 2.11. The Morgan fingerprint density at radius 3 is 2.53 bits per heavy atom. The van der Waals surface area contributed by atoms with E-state index in [4.69, 9.17) is 4.74 Å². The summed E-state index contributed by atoms with van der Waals surface area (Å²) >= 11 is 0. The zero-order valence-corrected chi connectivity index (χ0v) is 10.4. The molecule has 0 spiro atoms. The monoisotopic (exact) mass is 213 g/mol. The zero-order valence-electron chi connectivity index (χ0n) is 10.4. The minimum Gasteiger partial charge on any atom is -0.461 e. The van der Waals surface area contributed by atoms with Crippen LogP contribution in [0.4, 0.5) is 0 Å². The standard InChI is InChI=1S/C12H23NO2/c1-6-7-12(4,5)13-8-9-15-11(14)10(2)3/h13H,2,6-9H2,1,3-5H3. The van der Waals surface area contributed by atoms with Crippen LogP contribution in [0.1, 0.15) is 40.5 Å². The van der Waals surface area contributed by atoms with Gasteiger partial charge in [-0.25, -0.2) is 4.79 Å². The highest BCUT2D eigenvalue weighted by Gasteiger charge is 2.14. The lowest BCUT2D eigenvalue weighted by Gasteiger charge is -2.25. The van der Waals surface area contributed by atoms with E-state index in [0.717, 1.165) is 12.8 Å². The Bertz CT molecular complexity index is 222. The van der Waals surface area contributed by atoms with Crippen molar-refractivity contribution in [1.29, 1.82) is 0 Å². The molecular formula is C12H23NO2. The Morgan fingerprint density at radius 2 is 2.07 bits per heavy atom. The Balaban J connectivity index is 3.62. The summed E-state index contributed by atoms with van der Waals surface area (Å²) in [5, 5.41) is 3.35. The maximum absolute atomic E-state index is 11.0. The minimum absolute atomic E-state index is 0.115. The van der Waals surface area contributed by atoms with Crippen LogP contribution in [0.5, 0.6) is 0 Å². The van der Waals surface area contributed by atoms with E-state index < -0.39 is 0 Å². The molecular weight excluding hydrogens is 190 g/mol. The number of hydrogen-bond donors (Lipinski definition) is 1. The molecule has 0 aliphatic rings. The molecule has 1 N–H and O–H groups in total. The molecule has 0 aromatic carbocycles. The molecule has 0 unspecified atom stereocenters. The molecule has 0 amide bonds. The quantitative estimate of drug-likeness (QED) is 0.400. The summed E-state index contributed by atoms with van der Waals surface area (Å²) in [6.07, 6.45) is 2.26. The fourth-order valence-electron chi connectivity index (χ4n) is 1.37. The number of hydrogen-bond acceptors (Lipinski definition) is 3. The molecule has 0 atom stereocenters. The Kier molecular flexibility index (Phi) is 6.25. The van der Waals surface area contributed by atoms with Crippen LogP contribution in [0.2, 0.25) is 0 Å². The van der Waals surface area contributed by atoms with Crippen molar-refractivity contribution >= 4 is 5.97 Å². The molecule has 0 aromatic rings. The van der Waals surface area contributed by atoms with E-state index in [1.807, 2.05) is 0 Å². The molecule has 3 nitrogen and oxygen atoms in total. The molecule has 15 heavy (non-hydrogen) atoms. The molecule has 0 saturated carbocycles. The molecule has 3 heteroatoms. The molecule has 0 rings (SSSR count). The van der Waals surface area contributed by atoms with Gasteiger partial charge in [0, 0.05) is 17.7 Å². The maximum atomic E-state index is 11.0. The van der Waals surface area contributed by atoms with Crippen molar-refractivity contribution in [3.8, 4) is 0 Å². The SMILES string of the molecule is C=C(C)C(=O)OCCNC(C)(C)CCC. The summed E-state index contributed by atoms with van der Waals surface area (Å²) in [4.78, 5) is 11.0. The van der Waals surface area contributed by atoms with Crippen LogP contribution in [0.15, 0.2) is 12.2 Å². The van der Waals surface area contributed by atoms with Gasteiger partial charge in [-0.05, 0) is 27.2 Å². The van der Waals surface area contributed by atoms with Gasteiger partial charge in [0.15, 0.2) is 0 Å². The number of carbonyl (C=O) groups is 1. The third kappa shape index (κ3) is 7.14. The molecule has 0 heterocycles. The van der Waals surface area contributed by atoms with Crippen LogP contribution in [0.25, 0.3) is 0 Å². The number of esters is 1. The smallest absolute Gasteiger partial charge is 0.333 e. The summed E-state index contributed by atoms with van der Waals surface area (Å²) in [5.41, 5.74) is 0.563. The summed E-state index contributed by atoms with van der Waals surface area (Å²) in [6.45, 7) is 12.7. The summed E-state index contributed by atoms with van der Waals surface area (Å²) in [7, 11) is 0. The van der Waals surface area contributed by atoms with E-state index in [0.29, 0.717) is 18.7 Å². The van der Waals surface area contributed by atoms with E-state index in [2.05, 4.69) is 32.7 Å². The van der Waals surface area contributed by atoms with Crippen molar-refractivity contribution in [3.63, 3.8) is 0 Å². The van der Waals surface area contributed by atoms with Crippen LogP contribution in [0.3, 0.4) is 0 Å². The first-order valence-electron chi connectivity index (χ1n) is 5.46. The maximum Gasteiger partial charge on any atom is 0.333 e. The van der Waals surface area contributed by atoms with Gasteiger partial charge in [-0.3, -0.25) is 0 Å². The lowest BCUT2D eigenvalue weighted by Crippen LogP contribution is -2.41. The van der Waals surface area contributed by atoms with Crippen LogP contribution < -0.4 is 5.32 Å². The Labute approximate surface area is 92.9 Å². The van der Waals surface area contributed by atoms with Gasteiger partial charge in [0.05, 0.1) is 0 Å². The Morgan fingerprint density at radius 1 is 1.47 bits per heavy atom. The first-order valence-corrected chi connectivity index (χ1v) is 5.46. The molecule has 0 radical (unpaired) electrons.